The molecule has 3 atom stereocenters. The molecule has 2 bridgehead atoms. The molecule has 0 saturated carbocycles. The number of carbonyl (C=O) groups is 3. The highest BCUT2D eigenvalue weighted by molar-refractivity contribution is 5.99. The Morgan fingerprint density at radius 2 is 1.94 bits per heavy atom. The molecule has 3 N–H and O–H groups in total. The van der Waals surface area contributed by atoms with E-state index in [0.29, 0.717) is 25.0 Å². The van der Waals surface area contributed by atoms with E-state index in [2.05, 4.69) is 10.8 Å². The van der Waals surface area contributed by atoms with Crippen LogP contribution in [0.1, 0.15) is 58.6 Å². The lowest BCUT2D eigenvalue weighted by molar-refractivity contribution is -0.128. The largest absolute Gasteiger partial charge is 0.503 e. The molecule has 2 fully saturated rings. The van der Waals surface area contributed by atoms with Crippen LogP contribution in [0.3, 0.4) is 0 Å². The molecule has 13 heteroatoms. The molecule has 2 saturated heterocycles. The Balaban J connectivity index is 1.55. The van der Waals surface area contributed by atoms with Crippen molar-refractivity contribution in [1.82, 2.24) is 20.3 Å². The van der Waals surface area contributed by atoms with Crippen molar-refractivity contribution in [3.8, 4) is 5.75 Å². The highest BCUT2D eigenvalue weighted by Gasteiger charge is 2.54. The van der Waals surface area contributed by atoms with Crippen molar-refractivity contribution in [2.45, 2.75) is 50.4 Å². The van der Waals surface area contributed by atoms with Crippen LogP contribution in [0.15, 0.2) is 23.1 Å². The molecule has 5 rings (SSSR count). The molecule has 0 radical (unpaired) electrons. The van der Waals surface area contributed by atoms with Gasteiger partial charge in [0, 0.05) is 43.0 Å². The van der Waals surface area contributed by atoms with E-state index in [4.69, 9.17) is 4.84 Å². The quantitative estimate of drug-likeness (QED) is 0.575. The second-order valence-electron chi connectivity index (χ2n) is 9.24. The molecule has 4 heterocycles. The van der Waals surface area contributed by atoms with Crippen LogP contribution in [0.4, 0.5) is 13.2 Å². The first-order valence-corrected chi connectivity index (χ1v) is 11.2. The summed E-state index contributed by atoms with van der Waals surface area (Å²) in [6, 6.07) is -0.111. The van der Waals surface area contributed by atoms with Gasteiger partial charge in [0.05, 0.1) is 12.5 Å². The van der Waals surface area contributed by atoms with Crippen molar-refractivity contribution in [3.63, 3.8) is 0 Å². The molecule has 3 aliphatic heterocycles. The molecule has 1 aromatic heterocycles. The molecule has 0 unspecified atom stereocenters. The predicted molar refractivity (Wildman–Crippen MR) is 115 cm³/mol. The average Bonchev–Trinajstić information content (AvgIpc) is 3.14. The number of fused-ring (bicyclic) bond motifs is 5. The van der Waals surface area contributed by atoms with Crippen LogP contribution in [0, 0.1) is 17.5 Å². The van der Waals surface area contributed by atoms with Gasteiger partial charge in [0.1, 0.15) is 28.6 Å². The monoisotopic (exact) mass is 506 g/mol. The first kappa shape index (κ1) is 23.9. The van der Waals surface area contributed by atoms with Crippen molar-refractivity contribution < 1.29 is 37.5 Å². The maximum absolute atomic E-state index is 14.0. The smallest absolute Gasteiger partial charge is 0.274 e. The summed E-state index contributed by atoms with van der Waals surface area (Å²) in [5, 5.41) is 12.9. The van der Waals surface area contributed by atoms with Crippen LogP contribution >= 0.6 is 0 Å². The molecule has 3 aliphatic rings. The lowest BCUT2D eigenvalue weighted by Crippen LogP contribution is -2.52. The fourth-order valence-corrected chi connectivity index (χ4v) is 5.14. The fraction of sp³-hybridized carbons (Fsp3) is 0.391. The molecular formula is C23H21F3N4O6. The molecule has 36 heavy (non-hydrogen) atoms. The predicted octanol–water partition coefficient (Wildman–Crippen LogP) is 1.27. The number of rotatable bonds is 3. The lowest BCUT2D eigenvalue weighted by Gasteiger charge is -2.41. The van der Waals surface area contributed by atoms with Gasteiger partial charge in [-0.1, -0.05) is 0 Å². The maximum atomic E-state index is 14.0. The van der Waals surface area contributed by atoms with E-state index in [0.717, 1.165) is 6.20 Å². The fourth-order valence-electron chi connectivity index (χ4n) is 5.14. The van der Waals surface area contributed by atoms with Gasteiger partial charge in [-0.15, -0.1) is 0 Å². The van der Waals surface area contributed by atoms with Gasteiger partial charge < -0.3 is 19.9 Å². The molecule has 0 aliphatic carbocycles. The third-order valence-electron chi connectivity index (χ3n) is 7.11. The number of aromatic nitrogens is 1. The maximum Gasteiger partial charge on any atom is 0.274 e. The first-order chi connectivity index (χ1) is 17.0. The van der Waals surface area contributed by atoms with Crippen LogP contribution in [0.5, 0.6) is 5.75 Å². The van der Waals surface area contributed by atoms with Gasteiger partial charge in [0.2, 0.25) is 11.3 Å². The van der Waals surface area contributed by atoms with E-state index in [-0.39, 0.29) is 30.6 Å². The van der Waals surface area contributed by atoms with Crippen LogP contribution in [-0.2, 0) is 16.2 Å². The van der Waals surface area contributed by atoms with Crippen LogP contribution in [-0.4, -0.2) is 50.5 Å². The van der Waals surface area contributed by atoms with E-state index in [9.17, 15) is 37.5 Å². The summed E-state index contributed by atoms with van der Waals surface area (Å²) in [6.45, 7) is 1.19. The molecule has 2 aromatic rings. The minimum Gasteiger partial charge on any atom is -0.503 e. The Kier molecular flexibility index (Phi) is 5.54. The van der Waals surface area contributed by atoms with Gasteiger partial charge in [-0.3, -0.25) is 24.0 Å². The summed E-state index contributed by atoms with van der Waals surface area (Å²) in [7, 11) is 0. The Labute approximate surface area is 201 Å². The Hall–Kier alpha value is -3.87. The van der Waals surface area contributed by atoms with Gasteiger partial charge in [-0.2, -0.15) is 0 Å². The second-order valence-corrected chi connectivity index (χ2v) is 9.24. The molecular weight excluding hydrogens is 485 g/mol. The summed E-state index contributed by atoms with van der Waals surface area (Å²) in [6.07, 6.45) is 1.90. The van der Waals surface area contributed by atoms with E-state index < -0.39 is 69.8 Å². The Bertz CT molecular complexity index is 1360. The number of carbonyl (C=O) groups excluding carboxylic acids is 3. The third kappa shape index (κ3) is 3.61. The number of aromatic hydroxyl groups is 1. The van der Waals surface area contributed by atoms with Crippen molar-refractivity contribution in [1.29, 1.82) is 0 Å². The van der Waals surface area contributed by atoms with Gasteiger partial charge in [0.25, 0.3) is 11.8 Å². The molecule has 1 aromatic carbocycles. The summed E-state index contributed by atoms with van der Waals surface area (Å²) in [4.78, 5) is 58.2. The van der Waals surface area contributed by atoms with Crippen LogP contribution in [0.25, 0.3) is 0 Å². The number of nitrogens with zero attached hydrogens (tertiary/aromatic N) is 2. The zero-order valence-electron chi connectivity index (χ0n) is 18.9. The van der Waals surface area contributed by atoms with Crippen molar-refractivity contribution in [2.24, 2.45) is 0 Å². The lowest BCUT2D eigenvalue weighted by atomic mass is 9.85. The third-order valence-corrected chi connectivity index (χ3v) is 7.11. The van der Waals surface area contributed by atoms with Gasteiger partial charge in [-0.25, -0.2) is 18.7 Å². The molecule has 190 valence electrons. The summed E-state index contributed by atoms with van der Waals surface area (Å²) < 4.78 is 42.3. The number of pyridine rings is 1. The number of benzene rings is 1. The van der Waals surface area contributed by atoms with E-state index >= 15 is 0 Å². The van der Waals surface area contributed by atoms with Crippen LogP contribution in [0.2, 0.25) is 0 Å². The van der Waals surface area contributed by atoms with Gasteiger partial charge in [0.15, 0.2) is 11.4 Å². The highest BCUT2D eigenvalue weighted by Crippen LogP contribution is 2.45. The first-order valence-electron chi connectivity index (χ1n) is 11.2. The number of hydroxylamine groups is 1. The van der Waals surface area contributed by atoms with Crippen molar-refractivity contribution in [2.75, 3.05) is 6.54 Å². The highest BCUT2D eigenvalue weighted by atomic mass is 19.1. The Morgan fingerprint density at radius 3 is 2.58 bits per heavy atom. The number of halogens is 3. The van der Waals surface area contributed by atoms with Crippen molar-refractivity contribution >= 4 is 17.7 Å². The number of nitrogens with one attached hydrogen (secondary N) is 2. The van der Waals surface area contributed by atoms with Crippen molar-refractivity contribution in [3.05, 3.63) is 62.8 Å². The minimum atomic E-state index is -1.23. The summed E-state index contributed by atoms with van der Waals surface area (Å²) >= 11 is 0. The molecule has 10 nitrogen and oxygen atoms in total. The van der Waals surface area contributed by atoms with E-state index in [1.807, 2.05) is 0 Å². The van der Waals surface area contributed by atoms with Gasteiger partial charge >= 0.3 is 0 Å². The zero-order valence-corrected chi connectivity index (χ0v) is 18.9. The van der Waals surface area contributed by atoms with E-state index in [1.165, 1.54) is 9.47 Å². The second kappa shape index (κ2) is 8.36. The average molecular weight is 506 g/mol. The summed E-state index contributed by atoms with van der Waals surface area (Å²) in [5.41, 5.74) is -1.50. The van der Waals surface area contributed by atoms with Gasteiger partial charge in [-0.05, 0) is 19.8 Å². The topological polar surface area (TPSA) is 130 Å². The normalized spacial score (nSPS) is 24.9. The standard InChI is InChI=1S/C23H21F3N4O6/c1-10-2-3-23(6-17(31)28-36-23)16-9-29(10)22(35)18-20(33)19(32)13(8-30(16)18)21(34)27-7-12-14(25)4-11(24)5-15(12)26/h4-5,8,10,16,33H,2-3,6-7,9H2,1H3,(H,27,34)(H,28,31)/t10-,16+,23-/m0/s1. The number of amides is 3. The minimum absolute atomic E-state index is 0.0383. The van der Waals surface area contributed by atoms with Crippen LogP contribution < -0.4 is 16.2 Å². The number of hydrogen-bond acceptors (Lipinski definition) is 6. The Morgan fingerprint density at radius 1 is 1.25 bits per heavy atom. The molecule has 3 amide bonds. The van der Waals surface area contributed by atoms with E-state index in [1.54, 1.807) is 6.92 Å². The SMILES string of the molecule is C[C@H]1CC[C@]2(CC(=O)NO2)[C@H]2CN1C(=O)c1c(O)c(=O)c(C(=O)NCc3c(F)cc(F)cc3F)cn12. The summed E-state index contributed by atoms with van der Waals surface area (Å²) in [5.74, 6) is -6.64. The number of hydrogen-bond donors (Lipinski definition) is 3. The zero-order chi connectivity index (χ0) is 25.9. The molecule has 1 spiro atoms.